The summed E-state index contributed by atoms with van der Waals surface area (Å²) in [5.74, 6) is 0.906. The monoisotopic (exact) mass is 234 g/mol. The number of rotatable bonds is 4. The Morgan fingerprint density at radius 2 is 1.82 bits per heavy atom. The minimum absolute atomic E-state index is 0.362. The molecule has 1 atom stereocenters. The lowest BCUT2D eigenvalue weighted by Crippen LogP contribution is -2.37. The van der Waals surface area contributed by atoms with Gasteiger partial charge in [-0.2, -0.15) is 0 Å². The van der Waals surface area contributed by atoms with Crippen LogP contribution >= 0.6 is 0 Å². The van der Waals surface area contributed by atoms with Crippen molar-refractivity contribution >= 4 is 0 Å². The van der Waals surface area contributed by atoms with Crippen molar-refractivity contribution in [3.63, 3.8) is 0 Å². The zero-order chi connectivity index (χ0) is 12.1. The summed E-state index contributed by atoms with van der Waals surface area (Å²) in [4.78, 5) is 2.51. The number of ether oxygens (including phenoxy) is 1. The van der Waals surface area contributed by atoms with E-state index in [2.05, 4.69) is 17.0 Å². The first-order valence-corrected chi connectivity index (χ1v) is 6.43. The molecule has 2 rings (SSSR count). The summed E-state index contributed by atoms with van der Waals surface area (Å²) in [6.07, 6.45) is 3.95. The van der Waals surface area contributed by atoms with E-state index in [0.717, 1.165) is 5.75 Å². The van der Waals surface area contributed by atoms with Crippen molar-refractivity contribution in [1.29, 1.82) is 0 Å². The molecule has 1 aromatic rings. The number of nitrogens with zero attached hydrogens (tertiary/aromatic N) is 1. The zero-order valence-electron chi connectivity index (χ0n) is 10.6. The van der Waals surface area contributed by atoms with Gasteiger partial charge in [0.2, 0.25) is 0 Å². The van der Waals surface area contributed by atoms with Crippen molar-refractivity contribution in [3.8, 4) is 5.75 Å². The Kier molecular flexibility index (Phi) is 4.40. The summed E-state index contributed by atoms with van der Waals surface area (Å²) in [6.45, 7) is 3.04. The van der Waals surface area contributed by atoms with Gasteiger partial charge in [-0.25, -0.2) is 0 Å². The van der Waals surface area contributed by atoms with E-state index in [1.54, 1.807) is 7.11 Å². The second kappa shape index (κ2) is 6.03. The molecule has 17 heavy (non-hydrogen) atoms. The molecule has 2 N–H and O–H groups in total. The fourth-order valence-corrected chi connectivity index (χ4v) is 2.55. The van der Waals surface area contributed by atoms with Gasteiger partial charge in [0, 0.05) is 12.6 Å². The van der Waals surface area contributed by atoms with E-state index in [9.17, 15) is 0 Å². The predicted molar refractivity (Wildman–Crippen MR) is 70.2 cm³/mol. The minimum atomic E-state index is 0.362. The highest BCUT2D eigenvalue weighted by Crippen LogP contribution is 2.25. The highest BCUT2D eigenvalue weighted by Gasteiger charge is 2.20. The summed E-state index contributed by atoms with van der Waals surface area (Å²) in [6, 6.07) is 8.65. The molecule has 1 aromatic carbocycles. The predicted octanol–water partition coefficient (Wildman–Crippen LogP) is 2.18. The van der Waals surface area contributed by atoms with Crippen molar-refractivity contribution in [2.75, 3.05) is 26.7 Å². The molecule has 0 saturated carbocycles. The molecule has 1 fully saturated rings. The first-order chi connectivity index (χ1) is 8.35. The van der Waals surface area contributed by atoms with Crippen molar-refractivity contribution in [2.24, 2.45) is 5.73 Å². The molecule has 94 valence electrons. The fraction of sp³-hybridized carbons (Fsp3) is 0.571. The molecule has 1 heterocycles. The highest BCUT2D eigenvalue weighted by atomic mass is 16.5. The van der Waals surface area contributed by atoms with Crippen molar-refractivity contribution in [1.82, 2.24) is 4.90 Å². The van der Waals surface area contributed by atoms with Gasteiger partial charge in [0.15, 0.2) is 0 Å². The Morgan fingerprint density at radius 1 is 1.18 bits per heavy atom. The van der Waals surface area contributed by atoms with Crippen LogP contribution in [0.1, 0.15) is 30.9 Å². The third-order valence-electron chi connectivity index (χ3n) is 3.56. The molecule has 0 unspecified atom stereocenters. The topological polar surface area (TPSA) is 38.5 Å². The van der Waals surface area contributed by atoms with Crippen LogP contribution in [0.15, 0.2) is 24.3 Å². The molecule has 3 heteroatoms. The van der Waals surface area contributed by atoms with Gasteiger partial charge in [0.1, 0.15) is 5.75 Å². The molecule has 1 aliphatic rings. The SMILES string of the molecule is COc1ccc([C@@H](CN)N2CCCCC2)cc1. The molecule has 0 aliphatic carbocycles. The molecular formula is C14H22N2O. The number of methoxy groups -OCH3 is 1. The van der Waals surface area contributed by atoms with Gasteiger partial charge in [0.25, 0.3) is 0 Å². The van der Waals surface area contributed by atoms with Gasteiger partial charge >= 0.3 is 0 Å². The molecule has 0 spiro atoms. The third kappa shape index (κ3) is 2.99. The zero-order valence-corrected chi connectivity index (χ0v) is 10.6. The summed E-state index contributed by atoms with van der Waals surface area (Å²) in [7, 11) is 1.69. The number of nitrogens with two attached hydrogens (primary N) is 1. The Labute approximate surface area is 104 Å². The Morgan fingerprint density at radius 3 is 2.35 bits per heavy atom. The number of hydrogen-bond acceptors (Lipinski definition) is 3. The van der Waals surface area contributed by atoms with Crippen LogP contribution in [0, 0.1) is 0 Å². The van der Waals surface area contributed by atoms with E-state index in [4.69, 9.17) is 10.5 Å². The second-order valence-corrected chi connectivity index (χ2v) is 4.62. The lowest BCUT2D eigenvalue weighted by Gasteiger charge is -2.34. The quantitative estimate of drug-likeness (QED) is 0.868. The lowest BCUT2D eigenvalue weighted by molar-refractivity contribution is 0.167. The first kappa shape index (κ1) is 12.4. The molecular weight excluding hydrogens is 212 g/mol. The van der Waals surface area contributed by atoms with Crippen LogP contribution in [0.25, 0.3) is 0 Å². The van der Waals surface area contributed by atoms with E-state index in [-0.39, 0.29) is 0 Å². The van der Waals surface area contributed by atoms with Crippen molar-refractivity contribution in [2.45, 2.75) is 25.3 Å². The van der Waals surface area contributed by atoms with Gasteiger partial charge in [-0.1, -0.05) is 18.6 Å². The third-order valence-corrected chi connectivity index (χ3v) is 3.56. The largest absolute Gasteiger partial charge is 0.497 e. The Bertz CT molecular complexity index is 331. The van der Waals surface area contributed by atoms with Crippen LogP contribution < -0.4 is 10.5 Å². The lowest BCUT2D eigenvalue weighted by atomic mass is 10.0. The van der Waals surface area contributed by atoms with Gasteiger partial charge in [-0.05, 0) is 43.6 Å². The average Bonchev–Trinajstić information content (AvgIpc) is 2.42. The van der Waals surface area contributed by atoms with Gasteiger partial charge in [-0.3, -0.25) is 4.90 Å². The van der Waals surface area contributed by atoms with Crippen LogP contribution in [0.5, 0.6) is 5.75 Å². The van der Waals surface area contributed by atoms with Crippen LogP contribution in [0.2, 0.25) is 0 Å². The molecule has 0 bridgehead atoms. The average molecular weight is 234 g/mol. The highest BCUT2D eigenvalue weighted by molar-refractivity contribution is 5.29. The van der Waals surface area contributed by atoms with Crippen LogP contribution in [-0.2, 0) is 0 Å². The first-order valence-electron chi connectivity index (χ1n) is 6.43. The maximum atomic E-state index is 5.93. The van der Waals surface area contributed by atoms with Crippen molar-refractivity contribution in [3.05, 3.63) is 29.8 Å². The minimum Gasteiger partial charge on any atom is -0.497 e. The number of likely N-dealkylation sites (tertiary alicyclic amines) is 1. The smallest absolute Gasteiger partial charge is 0.118 e. The van der Waals surface area contributed by atoms with Gasteiger partial charge in [0.05, 0.1) is 7.11 Å². The molecule has 1 aliphatic heterocycles. The fourth-order valence-electron chi connectivity index (χ4n) is 2.55. The summed E-state index contributed by atoms with van der Waals surface area (Å²) >= 11 is 0. The standard InChI is InChI=1S/C14H22N2O/c1-17-13-7-5-12(6-8-13)14(11-15)16-9-3-2-4-10-16/h5-8,14H,2-4,9-11,15H2,1H3/t14-/m1/s1. The molecule has 0 amide bonds. The van der Waals surface area contributed by atoms with E-state index >= 15 is 0 Å². The van der Waals surface area contributed by atoms with E-state index in [0.29, 0.717) is 12.6 Å². The van der Waals surface area contributed by atoms with E-state index in [1.165, 1.54) is 37.9 Å². The Hall–Kier alpha value is -1.06. The number of hydrogen-bond donors (Lipinski definition) is 1. The van der Waals surface area contributed by atoms with Gasteiger partial charge in [-0.15, -0.1) is 0 Å². The van der Waals surface area contributed by atoms with Gasteiger partial charge < -0.3 is 10.5 Å². The maximum absolute atomic E-state index is 5.93. The second-order valence-electron chi connectivity index (χ2n) is 4.62. The number of piperidine rings is 1. The summed E-state index contributed by atoms with van der Waals surface area (Å²) in [5, 5.41) is 0. The van der Waals surface area contributed by atoms with Crippen LogP contribution in [-0.4, -0.2) is 31.6 Å². The normalized spacial score (nSPS) is 18.9. The molecule has 0 radical (unpaired) electrons. The molecule has 0 aromatic heterocycles. The molecule has 1 saturated heterocycles. The Balaban J connectivity index is 2.10. The van der Waals surface area contributed by atoms with E-state index < -0.39 is 0 Å². The van der Waals surface area contributed by atoms with E-state index in [1.807, 2.05) is 12.1 Å². The maximum Gasteiger partial charge on any atom is 0.118 e. The summed E-state index contributed by atoms with van der Waals surface area (Å²) in [5.41, 5.74) is 7.23. The van der Waals surface area contributed by atoms with Crippen LogP contribution in [0.4, 0.5) is 0 Å². The number of benzene rings is 1. The summed E-state index contributed by atoms with van der Waals surface area (Å²) < 4.78 is 5.18. The molecule has 3 nitrogen and oxygen atoms in total. The van der Waals surface area contributed by atoms with Crippen molar-refractivity contribution < 1.29 is 4.74 Å². The van der Waals surface area contributed by atoms with Crippen LogP contribution in [0.3, 0.4) is 0 Å².